The molecule has 0 bridgehead atoms. The van der Waals surface area contributed by atoms with Crippen molar-refractivity contribution in [3.8, 4) is 0 Å². The Balaban J connectivity index is 2.22. The van der Waals surface area contributed by atoms with Crippen LogP contribution in [0.15, 0.2) is 42.5 Å². The zero-order valence-electron chi connectivity index (χ0n) is 10.6. The molecule has 0 spiro atoms. The third kappa shape index (κ3) is 3.20. The van der Waals surface area contributed by atoms with Crippen LogP contribution >= 0.6 is 12.2 Å². The molecule has 0 aliphatic rings. The second kappa shape index (κ2) is 5.67. The summed E-state index contributed by atoms with van der Waals surface area (Å²) >= 11 is 4.79. The highest BCUT2D eigenvalue weighted by atomic mass is 32.1. The van der Waals surface area contributed by atoms with Crippen LogP contribution in [0.4, 0.5) is 10.5 Å². The number of likely N-dealkylation sites (N-methyl/N-ethyl adjacent to an activating group) is 1. The number of carbonyl (C=O) groups is 1. The van der Waals surface area contributed by atoms with E-state index in [1.165, 1.54) is 4.90 Å². The van der Waals surface area contributed by atoms with Crippen molar-refractivity contribution in [2.45, 2.75) is 0 Å². The second-order valence-electron chi connectivity index (χ2n) is 4.28. The molecule has 0 atom stereocenters. The number of amides is 2. The Morgan fingerprint density at radius 3 is 2.68 bits per heavy atom. The van der Waals surface area contributed by atoms with Gasteiger partial charge in [-0.1, -0.05) is 48.6 Å². The molecule has 0 aliphatic carbocycles. The van der Waals surface area contributed by atoms with Crippen molar-refractivity contribution in [3.05, 3.63) is 42.5 Å². The molecule has 5 heteroatoms. The molecule has 2 aromatic rings. The van der Waals surface area contributed by atoms with Gasteiger partial charge in [0.05, 0.1) is 17.2 Å². The molecule has 0 heterocycles. The lowest BCUT2D eigenvalue weighted by Crippen LogP contribution is -2.37. The standard InChI is InChI=1S/C14H15N3OS/c1-17(9-13(15)19)14(18)16-12-8-4-6-10-5-2-3-7-11(10)12/h2-8H,9H2,1H3,(H2,15,19)(H,16,18). The van der Waals surface area contributed by atoms with Crippen LogP contribution in [0.1, 0.15) is 0 Å². The Hall–Kier alpha value is -2.14. The smallest absolute Gasteiger partial charge is 0.321 e. The minimum absolute atomic E-state index is 0.232. The number of hydrogen-bond donors (Lipinski definition) is 2. The Morgan fingerprint density at radius 1 is 1.26 bits per heavy atom. The number of fused-ring (bicyclic) bond motifs is 1. The molecule has 2 aromatic carbocycles. The summed E-state index contributed by atoms with van der Waals surface area (Å²) in [4.78, 5) is 13.7. The van der Waals surface area contributed by atoms with E-state index < -0.39 is 0 Å². The van der Waals surface area contributed by atoms with E-state index in [9.17, 15) is 4.79 Å². The molecule has 2 rings (SSSR count). The molecule has 0 aliphatic heterocycles. The minimum atomic E-state index is -0.232. The number of hydrogen-bond acceptors (Lipinski definition) is 2. The molecule has 4 nitrogen and oxygen atoms in total. The van der Waals surface area contributed by atoms with Gasteiger partial charge in [-0.25, -0.2) is 4.79 Å². The molecule has 0 aromatic heterocycles. The van der Waals surface area contributed by atoms with Crippen molar-refractivity contribution < 1.29 is 4.79 Å². The largest absolute Gasteiger partial charge is 0.392 e. The number of urea groups is 1. The van der Waals surface area contributed by atoms with E-state index in [0.29, 0.717) is 0 Å². The van der Waals surface area contributed by atoms with Gasteiger partial charge in [0, 0.05) is 12.4 Å². The number of nitrogens with zero attached hydrogens (tertiary/aromatic N) is 1. The zero-order valence-corrected chi connectivity index (χ0v) is 11.4. The first kappa shape index (κ1) is 13.3. The maximum atomic E-state index is 12.0. The van der Waals surface area contributed by atoms with Gasteiger partial charge >= 0.3 is 6.03 Å². The summed E-state index contributed by atoms with van der Waals surface area (Å²) in [5, 5.41) is 4.94. The summed E-state index contributed by atoms with van der Waals surface area (Å²) in [5.41, 5.74) is 6.20. The van der Waals surface area contributed by atoms with Crippen LogP contribution in [0.25, 0.3) is 10.8 Å². The fourth-order valence-corrected chi connectivity index (χ4v) is 2.04. The highest BCUT2D eigenvalue weighted by Gasteiger charge is 2.10. The maximum absolute atomic E-state index is 12.0. The van der Waals surface area contributed by atoms with Gasteiger partial charge in [-0.3, -0.25) is 0 Å². The van der Waals surface area contributed by atoms with Gasteiger partial charge in [-0.05, 0) is 11.5 Å². The van der Waals surface area contributed by atoms with Crippen molar-refractivity contribution in [1.29, 1.82) is 0 Å². The monoisotopic (exact) mass is 273 g/mol. The van der Waals surface area contributed by atoms with Crippen molar-refractivity contribution in [1.82, 2.24) is 4.90 Å². The molecule has 0 saturated heterocycles. The van der Waals surface area contributed by atoms with Gasteiger partial charge in [0.2, 0.25) is 0 Å². The normalized spacial score (nSPS) is 10.2. The summed E-state index contributed by atoms with van der Waals surface area (Å²) in [6.07, 6.45) is 0. The summed E-state index contributed by atoms with van der Waals surface area (Å²) in [7, 11) is 1.65. The predicted octanol–water partition coefficient (Wildman–Crippen LogP) is 2.59. The fraction of sp³-hybridized carbons (Fsp3) is 0.143. The van der Waals surface area contributed by atoms with E-state index in [-0.39, 0.29) is 17.6 Å². The third-order valence-corrected chi connectivity index (χ3v) is 2.90. The summed E-state index contributed by atoms with van der Waals surface area (Å²) < 4.78 is 0. The lowest BCUT2D eigenvalue weighted by atomic mass is 10.1. The van der Waals surface area contributed by atoms with Crippen LogP contribution < -0.4 is 11.1 Å². The van der Waals surface area contributed by atoms with Gasteiger partial charge in [0.15, 0.2) is 0 Å². The molecule has 2 amide bonds. The molecular weight excluding hydrogens is 258 g/mol. The second-order valence-corrected chi connectivity index (χ2v) is 4.80. The van der Waals surface area contributed by atoms with E-state index in [1.54, 1.807) is 7.05 Å². The van der Waals surface area contributed by atoms with Crippen LogP contribution in [0, 0.1) is 0 Å². The number of benzene rings is 2. The average molecular weight is 273 g/mol. The quantitative estimate of drug-likeness (QED) is 0.845. The van der Waals surface area contributed by atoms with E-state index >= 15 is 0 Å². The molecule has 0 saturated carbocycles. The summed E-state index contributed by atoms with van der Waals surface area (Å²) in [6, 6.07) is 13.4. The first-order valence-electron chi connectivity index (χ1n) is 5.86. The van der Waals surface area contributed by atoms with Crippen molar-refractivity contribution >= 4 is 39.7 Å². The first-order valence-corrected chi connectivity index (χ1v) is 6.27. The van der Waals surface area contributed by atoms with Crippen molar-refractivity contribution in [3.63, 3.8) is 0 Å². The van der Waals surface area contributed by atoms with E-state index in [1.807, 2.05) is 42.5 Å². The van der Waals surface area contributed by atoms with Gasteiger partial charge in [-0.15, -0.1) is 0 Å². The number of nitrogens with one attached hydrogen (secondary N) is 1. The molecule has 19 heavy (non-hydrogen) atoms. The summed E-state index contributed by atoms with van der Waals surface area (Å²) in [5.74, 6) is 0. The third-order valence-electron chi connectivity index (χ3n) is 2.77. The van der Waals surface area contributed by atoms with Crippen molar-refractivity contribution in [2.24, 2.45) is 5.73 Å². The molecule has 98 valence electrons. The molecule has 0 radical (unpaired) electrons. The first-order chi connectivity index (χ1) is 9.08. The molecule has 0 unspecified atom stereocenters. The van der Waals surface area contributed by atoms with Crippen LogP contribution in [-0.4, -0.2) is 29.5 Å². The van der Waals surface area contributed by atoms with Gasteiger partial charge in [0.25, 0.3) is 0 Å². The van der Waals surface area contributed by atoms with Crippen LogP contribution in [0.5, 0.6) is 0 Å². The van der Waals surface area contributed by atoms with E-state index in [2.05, 4.69) is 5.32 Å². The van der Waals surface area contributed by atoms with Gasteiger partial charge in [-0.2, -0.15) is 0 Å². The van der Waals surface area contributed by atoms with Gasteiger partial charge < -0.3 is 16.0 Å². The molecular formula is C14H15N3OS. The number of thiocarbonyl (C=S) groups is 1. The Morgan fingerprint density at radius 2 is 1.95 bits per heavy atom. The topological polar surface area (TPSA) is 58.4 Å². The average Bonchev–Trinajstić information content (AvgIpc) is 2.38. The lowest BCUT2D eigenvalue weighted by Gasteiger charge is -2.17. The fourth-order valence-electron chi connectivity index (χ4n) is 1.85. The minimum Gasteiger partial charge on any atom is -0.392 e. The van der Waals surface area contributed by atoms with Crippen LogP contribution in [0.2, 0.25) is 0 Å². The highest BCUT2D eigenvalue weighted by Crippen LogP contribution is 2.23. The maximum Gasteiger partial charge on any atom is 0.321 e. The zero-order chi connectivity index (χ0) is 13.8. The van der Waals surface area contributed by atoms with Crippen LogP contribution in [0.3, 0.4) is 0 Å². The van der Waals surface area contributed by atoms with Crippen LogP contribution in [-0.2, 0) is 0 Å². The van der Waals surface area contributed by atoms with E-state index in [4.69, 9.17) is 18.0 Å². The lowest BCUT2D eigenvalue weighted by molar-refractivity contribution is 0.228. The highest BCUT2D eigenvalue weighted by molar-refractivity contribution is 7.80. The Kier molecular flexibility index (Phi) is 3.97. The van der Waals surface area contributed by atoms with Crippen molar-refractivity contribution in [2.75, 3.05) is 18.9 Å². The number of anilines is 1. The Bertz CT molecular complexity index is 622. The number of carbonyl (C=O) groups excluding carboxylic acids is 1. The van der Waals surface area contributed by atoms with E-state index in [0.717, 1.165) is 16.5 Å². The molecule has 0 fully saturated rings. The SMILES string of the molecule is CN(CC(N)=S)C(=O)Nc1cccc2ccccc12. The molecule has 3 N–H and O–H groups in total. The summed E-state index contributed by atoms with van der Waals surface area (Å²) in [6.45, 7) is 0.256. The van der Waals surface area contributed by atoms with Gasteiger partial charge in [0.1, 0.15) is 0 Å². The number of rotatable bonds is 3. The Labute approximate surface area is 117 Å². The predicted molar refractivity (Wildman–Crippen MR) is 82.4 cm³/mol. The number of nitrogens with two attached hydrogens (primary N) is 1.